The highest BCUT2D eigenvalue weighted by atomic mass is 16.1. The minimum Gasteiger partial charge on any atom is -0.397 e. The summed E-state index contributed by atoms with van der Waals surface area (Å²) in [5, 5.41) is 11.8. The Hall–Kier alpha value is -2.29. The Morgan fingerprint density at radius 2 is 2.24 bits per heavy atom. The van der Waals surface area contributed by atoms with Crippen molar-refractivity contribution in [1.29, 1.82) is 5.26 Å². The second kappa shape index (κ2) is 5.16. The van der Waals surface area contributed by atoms with E-state index in [2.05, 4.69) is 10.3 Å². The Morgan fingerprint density at radius 1 is 1.59 bits per heavy atom. The van der Waals surface area contributed by atoms with Gasteiger partial charge in [-0.1, -0.05) is 13.8 Å². The van der Waals surface area contributed by atoms with E-state index in [0.29, 0.717) is 11.5 Å². The highest BCUT2D eigenvalue weighted by molar-refractivity contribution is 5.83. The van der Waals surface area contributed by atoms with E-state index in [-0.39, 0.29) is 11.5 Å². The number of aromatic nitrogens is 1. The molecule has 1 aromatic rings. The summed E-state index contributed by atoms with van der Waals surface area (Å²) >= 11 is 0. The van der Waals surface area contributed by atoms with E-state index in [1.54, 1.807) is 0 Å². The van der Waals surface area contributed by atoms with Crippen LogP contribution in [-0.4, -0.2) is 16.9 Å². The average molecular weight is 233 g/mol. The predicted octanol–water partition coefficient (Wildman–Crippen LogP) is 0.457. The van der Waals surface area contributed by atoms with Crippen LogP contribution in [0, 0.1) is 17.2 Å². The number of nitrogens with two attached hydrogens (primary N) is 2. The quantitative estimate of drug-likeness (QED) is 0.698. The zero-order valence-electron chi connectivity index (χ0n) is 9.77. The third-order valence-corrected chi connectivity index (χ3v) is 2.29. The second-order valence-corrected chi connectivity index (χ2v) is 4.05. The van der Waals surface area contributed by atoms with E-state index >= 15 is 0 Å². The van der Waals surface area contributed by atoms with E-state index in [4.69, 9.17) is 16.7 Å². The first-order valence-corrected chi connectivity index (χ1v) is 5.17. The molecule has 0 saturated heterocycles. The molecule has 6 nitrogen and oxygen atoms in total. The summed E-state index contributed by atoms with van der Waals surface area (Å²) in [5.74, 6) is -0.167. The Kier molecular flexibility index (Phi) is 3.88. The fraction of sp³-hybridized carbons (Fsp3) is 0.364. The fourth-order valence-corrected chi connectivity index (χ4v) is 1.39. The van der Waals surface area contributed by atoms with E-state index < -0.39 is 11.9 Å². The van der Waals surface area contributed by atoms with Gasteiger partial charge in [-0.2, -0.15) is 5.26 Å². The number of nitriles is 1. The van der Waals surface area contributed by atoms with Crippen LogP contribution < -0.4 is 16.8 Å². The number of hydrogen-bond donors (Lipinski definition) is 3. The minimum absolute atomic E-state index is 0.00149. The predicted molar refractivity (Wildman–Crippen MR) is 64.8 cm³/mol. The van der Waals surface area contributed by atoms with Gasteiger partial charge in [0.2, 0.25) is 5.91 Å². The molecule has 6 heteroatoms. The summed E-state index contributed by atoms with van der Waals surface area (Å²) in [6, 6.07) is 2.89. The van der Waals surface area contributed by atoms with Gasteiger partial charge in [0.15, 0.2) is 0 Å². The molecule has 0 aliphatic heterocycles. The number of anilines is 2. The number of carbonyl (C=O) groups is 1. The van der Waals surface area contributed by atoms with Gasteiger partial charge in [-0.15, -0.1) is 0 Å². The normalized spacial score (nSPS) is 11.9. The zero-order chi connectivity index (χ0) is 13.0. The number of amides is 1. The molecule has 0 bridgehead atoms. The van der Waals surface area contributed by atoms with Crippen LogP contribution in [0.5, 0.6) is 0 Å². The van der Waals surface area contributed by atoms with Gasteiger partial charge in [-0.05, 0) is 12.0 Å². The third kappa shape index (κ3) is 3.08. The second-order valence-electron chi connectivity index (χ2n) is 4.05. The lowest BCUT2D eigenvalue weighted by atomic mass is 10.0. The van der Waals surface area contributed by atoms with Gasteiger partial charge in [0, 0.05) is 0 Å². The van der Waals surface area contributed by atoms with Crippen LogP contribution in [0.25, 0.3) is 0 Å². The van der Waals surface area contributed by atoms with Crippen LogP contribution in [0.1, 0.15) is 19.4 Å². The van der Waals surface area contributed by atoms with Crippen molar-refractivity contribution >= 4 is 17.4 Å². The van der Waals surface area contributed by atoms with Crippen molar-refractivity contribution in [3.8, 4) is 6.07 Å². The summed E-state index contributed by atoms with van der Waals surface area (Å²) in [6.45, 7) is 3.71. The first kappa shape index (κ1) is 12.8. The number of nitrogen functional groups attached to an aromatic ring is 1. The SMILES string of the molecule is CC(C)C(Nc1ncc(N)cc1C#N)C(N)=O. The first-order chi connectivity index (χ1) is 7.95. The lowest BCUT2D eigenvalue weighted by Gasteiger charge is -2.20. The highest BCUT2D eigenvalue weighted by Crippen LogP contribution is 2.17. The molecule has 0 aliphatic carbocycles. The zero-order valence-corrected chi connectivity index (χ0v) is 9.77. The van der Waals surface area contributed by atoms with E-state index in [0.717, 1.165) is 0 Å². The summed E-state index contributed by atoms with van der Waals surface area (Å²) in [7, 11) is 0. The number of carbonyl (C=O) groups excluding carboxylic acids is 1. The Morgan fingerprint density at radius 3 is 2.71 bits per heavy atom. The highest BCUT2D eigenvalue weighted by Gasteiger charge is 2.20. The molecule has 1 amide bonds. The lowest BCUT2D eigenvalue weighted by Crippen LogP contribution is -2.40. The largest absolute Gasteiger partial charge is 0.397 e. The molecule has 1 unspecified atom stereocenters. The van der Waals surface area contributed by atoms with Crippen LogP contribution in [0.2, 0.25) is 0 Å². The molecule has 0 radical (unpaired) electrons. The molecule has 0 fully saturated rings. The maximum absolute atomic E-state index is 11.2. The molecule has 0 saturated carbocycles. The molecule has 0 spiro atoms. The number of primary amides is 1. The number of nitrogens with one attached hydrogen (secondary N) is 1. The van der Waals surface area contributed by atoms with Crippen molar-refractivity contribution < 1.29 is 4.79 Å². The van der Waals surface area contributed by atoms with Crippen LogP contribution in [0.15, 0.2) is 12.3 Å². The number of hydrogen-bond acceptors (Lipinski definition) is 5. The third-order valence-electron chi connectivity index (χ3n) is 2.29. The van der Waals surface area contributed by atoms with Crippen LogP contribution in [0.4, 0.5) is 11.5 Å². The smallest absolute Gasteiger partial charge is 0.240 e. The van der Waals surface area contributed by atoms with Crippen molar-refractivity contribution in [2.24, 2.45) is 11.7 Å². The van der Waals surface area contributed by atoms with Gasteiger partial charge in [-0.25, -0.2) is 4.98 Å². The summed E-state index contributed by atoms with van der Waals surface area (Å²) in [5.41, 5.74) is 11.5. The molecule has 17 heavy (non-hydrogen) atoms. The molecular formula is C11H15N5O. The van der Waals surface area contributed by atoms with Crippen molar-refractivity contribution in [3.63, 3.8) is 0 Å². The molecule has 1 aromatic heterocycles. The Labute approximate surface area is 99.6 Å². The van der Waals surface area contributed by atoms with E-state index in [1.165, 1.54) is 12.3 Å². The molecular weight excluding hydrogens is 218 g/mol. The van der Waals surface area contributed by atoms with Crippen LogP contribution in [0.3, 0.4) is 0 Å². The summed E-state index contributed by atoms with van der Waals surface area (Å²) < 4.78 is 0. The van der Waals surface area contributed by atoms with Gasteiger partial charge < -0.3 is 16.8 Å². The van der Waals surface area contributed by atoms with Crippen LogP contribution >= 0.6 is 0 Å². The fourth-order valence-electron chi connectivity index (χ4n) is 1.39. The molecule has 1 rings (SSSR count). The monoisotopic (exact) mass is 233 g/mol. The van der Waals surface area contributed by atoms with E-state index in [9.17, 15) is 4.79 Å². The van der Waals surface area contributed by atoms with E-state index in [1.807, 2.05) is 19.9 Å². The lowest BCUT2D eigenvalue weighted by molar-refractivity contribution is -0.119. The van der Waals surface area contributed by atoms with Gasteiger partial charge in [-0.3, -0.25) is 4.79 Å². The number of nitrogens with zero attached hydrogens (tertiary/aromatic N) is 2. The molecule has 1 atom stereocenters. The average Bonchev–Trinajstić information content (AvgIpc) is 2.26. The maximum Gasteiger partial charge on any atom is 0.240 e. The molecule has 0 aromatic carbocycles. The number of rotatable bonds is 4. The Bertz CT molecular complexity index is 463. The maximum atomic E-state index is 11.2. The molecule has 1 heterocycles. The van der Waals surface area contributed by atoms with Gasteiger partial charge >= 0.3 is 0 Å². The topological polar surface area (TPSA) is 118 Å². The van der Waals surface area contributed by atoms with Crippen molar-refractivity contribution in [1.82, 2.24) is 4.98 Å². The van der Waals surface area contributed by atoms with Gasteiger partial charge in [0.25, 0.3) is 0 Å². The van der Waals surface area contributed by atoms with Crippen molar-refractivity contribution in [2.45, 2.75) is 19.9 Å². The van der Waals surface area contributed by atoms with Gasteiger partial charge in [0.1, 0.15) is 17.9 Å². The Balaban J connectivity index is 3.02. The standard InChI is InChI=1S/C11H15N5O/c1-6(2)9(10(14)17)16-11-7(4-12)3-8(13)5-15-11/h3,5-6,9H,13H2,1-2H3,(H2,14,17)(H,15,16). The van der Waals surface area contributed by atoms with Crippen molar-refractivity contribution in [3.05, 3.63) is 17.8 Å². The molecule has 90 valence electrons. The summed E-state index contributed by atoms with van der Waals surface area (Å²) in [6.07, 6.45) is 1.42. The minimum atomic E-state index is -0.571. The van der Waals surface area contributed by atoms with Gasteiger partial charge in [0.05, 0.1) is 17.4 Å². The molecule has 5 N–H and O–H groups in total. The number of pyridine rings is 1. The first-order valence-electron chi connectivity index (χ1n) is 5.17. The van der Waals surface area contributed by atoms with Crippen molar-refractivity contribution in [2.75, 3.05) is 11.1 Å². The summed E-state index contributed by atoms with van der Waals surface area (Å²) in [4.78, 5) is 15.2. The van der Waals surface area contributed by atoms with Crippen LogP contribution in [-0.2, 0) is 4.79 Å². The molecule has 0 aliphatic rings.